The third kappa shape index (κ3) is 6.50. The standard InChI is InChI=1S/C20H19F3N2O5/c1-25(11-17(26)24-15-4-3-5-16(10-15)29-2)18(27)12-30-19(28)13-6-8-14(9-7-13)20(21,22)23/h3-10H,11-12H2,1-2H3,(H,24,26). The number of halogens is 3. The Morgan fingerprint density at radius 2 is 1.73 bits per heavy atom. The van der Waals surface area contributed by atoms with Gasteiger partial charge in [0.1, 0.15) is 5.75 Å². The molecule has 0 saturated carbocycles. The molecule has 0 aliphatic heterocycles. The number of benzene rings is 2. The van der Waals surface area contributed by atoms with Crippen LogP contribution in [0.15, 0.2) is 48.5 Å². The van der Waals surface area contributed by atoms with Gasteiger partial charge >= 0.3 is 12.1 Å². The topological polar surface area (TPSA) is 84.9 Å². The van der Waals surface area contributed by atoms with Gasteiger partial charge in [0.15, 0.2) is 6.61 Å². The van der Waals surface area contributed by atoms with Crippen LogP contribution in [0.5, 0.6) is 5.75 Å². The Labute approximate surface area is 170 Å². The Bertz CT molecular complexity index is 913. The lowest BCUT2D eigenvalue weighted by Gasteiger charge is -2.17. The molecule has 7 nitrogen and oxygen atoms in total. The average molecular weight is 424 g/mol. The first-order valence-electron chi connectivity index (χ1n) is 8.62. The predicted molar refractivity (Wildman–Crippen MR) is 101 cm³/mol. The molecule has 0 atom stereocenters. The van der Waals surface area contributed by atoms with Gasteiger partial charge in [-0.2, -0.15) is 13.2 Å². The summed E-state index contributed by atoms with van der Waals surface area (Å²) in [5.41, 5.74) is -0.556. The molecule has 30 heavy (non-hydrogen) atoms. The summed E-state index contributed by atoms with van der Waals surface area (Å²) in [4.78, 5) is 37.0. The number of nitrogens with one attached hydrogen (secondary N) is 1. The van der Waals surface area contributed by atoms with Gasteiger partial charge in [-0.05, 0) is 36.4 Å². The summed E-state index contributed by atoms with van der Waals surface area (Å²) < 4.78 is 47.5. The maximum Gasteiger partial charge on any atom is 0.416 e. The second kappa shape index (κ2) is 9.77. The first kappa shape index (κ1) is 22.7. The average Bonchev–Trinajstić information content (AvgIpc) is 2.71. The van der Waals surface area contributed by atoms with E-state index in [9.17, 15) is 27.6 Å². The summed E-state index contributed by atoms with van der Waals surface area (Å²) in [7, 11) is 2.83. The predicted octanol–water partition coefficient (Wildman–Crippen LogP) is 2.97. The largest absolute Gasteiger partial charge is 0.497 e. The molecule has 0 saturated heterocycles. The smallest absolute Gasteiger partial charge is 0.416 e. The summed E-state index contributed by atoms with van der Waals surface area (Å²) >= 11 is 0. The van der Waals surface area contributed by atoms with E-state index >= 15 is 0 Å². The first-order valence-corrected chi connectivity index (χ1v) is 8.62. The van der Waals surface area contributed by atoms with Crippen molar-refractivity contribution in [1.29, 1.82) is 0 Å². The molecule has 0 aromatic heterocycles. The maximum absolute atomic E-state index is 12.5. The van der Waals surface area contributed by atoms with E-state index in [-0.39, 0.29) is 12.1 Å². The van der Waals surface area contributed by atoms with Gasteiger partial charge in [-0.25, -0.2) is 4.79 Å². The number of hydrogen-bond acceptors (Lipinski definition) is 5. The van der Waals surface area contributed by atoms with E-state index in [1.807, 2.05) is 0 Å². The van der Waals surface area contributed by atoms with Crippen molar-refractivity contribution in [1.82, 2.24) is 4.90 Å². The minimum absolute atomic E-state index is 0.130. The molecule has 0 radical (unpaired) electrons. The summed E-state index contributed by atoms with van der Waals surface area (Å²) in [5, 5.41) is 2.60. The molecule has 0 aliphatic rings. The van der Waals surface area contributed by atoms with Crippen LogP contribution < -0.4 is 10.1 Å². The summed E-state index contributed by atoms with van der Waals surface area (Å²) in [5.74, 6) is -1.54. The number of rotatable bonds is 7. The number of nitrogens with zero attached hydrogens (tertiary/aromatic N) is 1. The molecule has 2 aromatic carbocycles. The van der Waals surface area contributed by atoms with E-state index in [4.69, 9.17) is 9.47 Å². The number of amides is 2. The molecule has 0 unspecified atom stereocenters. The zero-order chi connectivity index (χ0) is 22.3. The third-order valence-electron chi connectivity index (χ3n) is 3.93. The highest BCUT2D eigenvalue weighted by Gasteiger charge is 2.30. The second-order valence-electron chi connectivity index (χ2n) is 6.18. The van der Waals surface area contributed by atoms with Crippen molar-refractivity contribution < 1.29 is 37.0 Å². The van der Waals surface area contributed by atoms with Crippen LogP contribution in [-0.4, -0.2) is 50.0 Å². The summed E-state index contributed by atoms with van der Waals surface area (Å²) in [6, 6.07) is 10.0. The maximum atomic E-state index is 12.5. The molecule has 0 heterocycles. The van der Waals surface area contributed by atoms with Gasteiger partial charge < -0.3 is 19.7 Å². The van der Waals surface area contributed by atoms with Gasteiger partial charge in [-0.15, -0.1) is 0 Å². The minimum atomic E-state index is -4.52. The van der Waals surface area contributed by atoms with Gasteiger partial charge in [0.2, 0.25) is 5.91 Å². The molecular formula is C20H19F3N2O5. The Hall–Kier alpha value is -3.56. The van der Waals surface area contributed by atoms with Gasteiger partial charge in [0, 0.05) is 18.8 Å². The van der Waals surface area contributed by atoms with Crippen molar-refractivity contribution in [2.45, 2.75) is 6.18 Å². The number of likely N-dealkylation sites (N-methyl/N-ethyl adjacent to an activating group) is 1. The zero-order valence-corrected chi connectivity index (χ0v) is 16.2. The molecule has 0 bridgehead atoms. The van der Waals surface area contributed by atoms with Gasteiger partial charge in [0.05, 0.1) is 24.8 Å². The fourth-order valence-electron chi connectivity index (χ4n) is 2.32. The number of alkyl halides is 3. The van der Waals surface area contributed by atoms with Crippen LogP contribution in [0.3, 0.4) is 0 Å². The van der Waals surface area contributed by atoms with E-state index in [0.29, 0.717) is 11.4 Å². The van der Waals surface area contributed by atoms with E-state index in [0.717, 1.165) is 29.2 Å². The van der Waals surface area contributed by atoms with Crippen LogP contribution in [0.25, 0.3) is 0 Å². The van der Waals surface area contributed by atoms with Crippen molar-refractivity contribution >= 4 is 23.5 Å². The first-order chi connectivity index (χ1) is 14.1. The van der Waals surface area contributed by atoms with Crippen LogP contribution in [0.4, 0.5) is 18.9 Å². The number of carbonyl (C=O) groups excluding carboxylic acids is 3. The lowest BCUT2D eigenvalue weighted by Crippen LogP contribution is -2.37. The number of esters is 1. The molecule has 0 aliphatic carbocycles. The fourth-order valence-corrected chi connectivity index (χ4v) is 2.32. The molecule has 2 amide bonds. The molecule has 0 spiro atoms. The minimum Gasteiger partial charge on any atom is -0.497 e. The van der Waals surface area contributed by atoms with Gasteiger partial charge in [-0.3, -0.25) is 9.59 Å². The highest BCUT2D eigenvalue weighted by atomic mass is 19.4. The van der Waals surface area contributed by atoms with Crippen LogP contribution in [0.1, 0.15) is 15.9 Å². The van der Waals surface area contributed by atoms with E-state index in [1.54, 1.807) is 24.3 Å². The molecule has 0 fully saturated rings. The monoisotopic (exact) mass is 424 g/mol. The lowest BCUT2D eigenvalue weighted by molar-refractivity contribution is -0.137. The van der Waals surface area contributed by atoms with Crippen molar-refractivity contribution in [2.24, 2.45) is 0 Å². The van der Waals surface area contributed by atoms with Crippen LogP contribution in [0, 0.1) is 0 Å². The third-order valence-corrected chi connectivity index (χ3v) is 3.93. The molecule has 2 aromatic rings. The molecule has 2 rings (SSSR count). The van der Waals surface area contributed by atoms with Gasteiger partial charge in [-0.1, -0.05) is 6.07 Å². The SMILES string of the molecule is COc1cccc(NC(=O)CN(C)C(=O)COC(=O)c2ccc(C(F)(F)F)cc2)c1. The number of methoxy groups -OCH3 is 1. The van der Waals surface area contributed by atoms with E-state index < -0.39 is 36.1 Å². The number of ether oxygens (including phenoxy) is 2. The van der Waals surface area contributed by atoms with Crippen LogP contribution in [0.2, 0.25) is 0 Å². The zero-order valence-electron chi connectivity index (χ0n) is 16.2. The number of anilines is 1. The highest BCUT2D eigenvalue weighted by molar-refractivity contribution is 5.95. The Morgan fingerprint density at radius 1 is 1.07 bits per heavy atom. The second-order valence-corrected chi connectivity index (χ2v) is 6.18. The summed E-state index contributed by atoms with van der Waals surface area (Å²) in [6.07, 6.45) is -4.52. The van der Waals surface area contributed by atoms with Crippen molar-refractivity contribution in [3.8, 4) is 5.75 Å². The van der Waals surface area contributed by atoms with Crippen LogP contribution in [-0.2, 0) is 20.5 Å². The van der Waals surface area contributed by atoms with Crippen molar-refractivity contribution in [3.05, 3.63) is 59.7 Å². The molecule has 160 valence electrons. The quantitative estimate of drug-likeness (QED) is 0.691. The van der Waals surface area contributed by atoms with E-state index in [2.05, 4.69) is 5.32 Å². The Kier molecular flexibility index (Phi) is 7.40. The Morgan fingerprint density at radius 3 is 2.33 bits per heavy atom. The van der Waals surface area contributed by atoms with Crippen molar-refractivity contribution in [3.63, 3.8) is 0 Å². The normalized spacial score (nSPS) is 10.8. The number of carbonyl (C=O) groups is 3. The van der Waals surface area contributed by atoms with Crippen molar-refractivity contribution in [2.75, 3.05) is 32.6 Å². The molecule has 10 heteroatoms. The number of hydrogen-bond donors (Lipinski definition) is 1. The molecular weight excluding hydrogens is 405 g/mol. The Balaban J connectivity index is 1.83. The van der Waals surface area contributed by atoms with Crippen LogP contribution >= 0.6 is 0 Å². The summed E-state index contributed by atoms with van der Waals surface area (Å²) in [6.45, 7) is -0.962. The van der Waals surface area contributed by atoms with E-state index in [1.165, 1.54) is 14.2 Å². The van der Waals surface area contributed by atoms with Gasteiger partial charge in [0.25, 0.3) is 5.91 Å². The molecule has 1 N–H and O–H groups in total. The fraction of sp³-hybridized carbons (Fsp3) is 0.250. The lowest BCUT2D eigenvalue weighted by atomic mass is 10.1. The highest BCUT2D eigenvalue weighted by Crippen LogP contribution is 2.29.